The number of carboxylic acids is 1. The van der Waals surface area contributed by atoms with Crippen LogP contribution in [-0.4, -0.2) is 31.3 Å². The Hall–Kier alpha value is -2.73. The van der Waals surface area contributed by atoms with E-state index in [-0.39, 0.29) is 11.1 Å². The van der Waals surface area contributed by atoms with Gasteiger partial charge in [-0.1, -0.05) is 11.6 Å². The third kappa shape index (κ3) is 3.73. The minimum absolute atomic E-state index is 0.000131. The van der Waals surface area contributed by atoms with Crippen LogP contribution in [0.4, 0.5) is 11.4 Å². The molecule has 0 saturated carbocycles. The Labute approximate surface area is 137 Å². The van der Waals surface area contributed by atoms with Gasteiger partial charge >= 0.3 is 11.9 Å². The van der Waals surface area contributed by atoms with Crippen LogP contribution in [0, 0.1) is 0 Å². The maximum atomic E-state index is 11.8. The van der Waals surface area contributed by atoms with Gasteiger partial charge in [-0.05, 0) is 36.4 Å². The first-order valence-electron chi connectivity index (χ1n) is 6.52. The van der Waals surface area contributed by atoms with Crippen LogP contribution in [0.5, 0.6) is 5.75 Å². The van der Waals surface area contributed by atoms with Gasteiger partial charge in [-0.25, -0.2) is 9.59 Å². The minimum Gasteiger partial charge on any atom is -0.497 e. The highest BCUT2D eigenvalue weighted by Gasteiger charge is 2.16. The molecule has 0 bridgehead atoms. The molecule has 0 fully saturated rings. The SMILES string of the molecule is COC(=O)c1ccc(Cl)cc1Nc1ccc(OC)cc1C(=O)O. The molecule has 0 spiro atoms. The summed E-state index contributed by atoms with van der Waals surface area (Å²) in [5.74, 6) is -1.28. The molecule has 2 N–H and O–H groups in total. The van der Waals surface area contributed by atoms with Gasteiger partial charge < -0.3 is 19.9 Å². The molecule has 0 amide bonds. The third-order valence-corrected chi connectivity index (χ3v) is 3.35. The Morgan fingerprint density at radius 1 is 1.04 bits per heavy atom. The summed E-state index contributed by atoms with van der Waals surface area (Å²) in [6.45, 7) is 0. The van der Waals surface area contributed by atoms with Crippen molar-refractivity contribution in [3.05, 3.63) is 52.5 Å². The average Bonchev–Trinajstić information content (AvgIpc) is 2.54. The Morgan fingerprint density at radius 2 is 1.78 bits per heavy atom. The van der Waals surface area contributed by atoms with Crippen molar-refractivity contribution >= 4 is 34.9 Å². The van der Waals surface area contributed by atoms with Crippen molar-refractivity contribution in [2.24, 2.45) is 0 Å². The van der Waals surface area contributed by atoms with Gasteiger partial charge in [0.15, 0.2) is 0 Å². The summed E-state index contributed by atoms with van der Waals surface area (Å²) in [5.41, 5.74) is 0.881. The number of aromatic carboxylic acids is 1. The summed E-state index contributed by atoms with van der Waals surface area (Å²) in [6.07, 6.45) is 0. The molecule has 7 heteroatoms. The van der Waals surface area contributed by atoms with Crippen LogP contribution in [0.3, 0.4) is 0 Å². The molecule has 0 heterocycles. The highest BCUT2D eigenvalue weighted by molar-refractivity contribution is 6.31. The van der Waals surface area contributed by atoms with Gasteiger partial charge in [-0.15, -0.1) is 0 Å². The number of carbonyl (C=O) groups is 2. The highest BCUT2D eigenvalue weighted by Crippen LogP contribution is 2.29. The third-order valence-electron chi connectivity index (χ3n) is 3.11. The van der Waals surface area contributed by atoms with Gasteiger partial charge in [0.2, 0.25) is 0 Å². The summed E-state index contributed by atoms with van der Waals surface area (Å²) in [6, 6.07) is 9.10. The van der Waals surface area contributed by atoms with Crippen LogP contribution in [0.2, 0.25) is 5.02 Å². The second-order valence-electron chi connectivity index (χ2n) is 4.52. The van der Waals surface area contributed by atoms with Crippen LogP contribution in [-0.2, 0) is 4.74 Å². The van der Waals surface area contributed by atoms with Crippen LogP contribution >= 0.6 is 11.6 Å². The van der Waals surface area contributed by atoms with E-state index in [4.69, 9.17) is 21.1 Å². The molecule has 0 aromatic heterocycles. The first-order valence-corrected chi connectivity index (χ1v) is 6.90. The van der Waals surface area contributed by atoms with Crippen molar-refractivity contribution in [1.82, 2.24) is 0 Å². The summed E-state index contributed by atoms with van der Waals surface area (Å²) in [4.78, 5) is 23.2. The normalized spacial score (nSPS) is 10.0. The van der Waals surface area contributed by atoms with Crippen LogP contribution in [0.25, 0.3) is 0 Å². The van der Waals surface area contributed by atoms with Crippen LogP contribution < -0.4 is 10.1 Å². The van der Waals surface area contributed by atoms with E-state index < -0.39 is 11.9 Å². The zero-order chi connectivity index (χ0) is 17.0. The lowest BCUT2D eigenvalue weighted by Gasteiger charge is -2.14. The van der Waals surface area contributed by atoms with Crippen molar-refractivity contribution in [3.8, 4) is 5.75 Å². The zero-order valence-corrected chi connectivity index (χ0v) is 13.2. The molecular formula is C16H14ClNO5. The molecule has 0 radical (unpaired) electrons. The van der Waals surface area contributed by atoms with E-state index in [1.165, 1.54) is 32.4 Å². The Balaban J connectivity index is 2.49. The predicted octanol–water partition coefficient (Wildman–Crippen LogP) is 3.58. The van der Waals surface area contributed by atoms with E-state index in [1.54, 1.807) is 18.2 Å². The number of benzene rings is 2. The van der Waals surface area contributed by atoms with Crippen molar-refractivity contribution in [2.45, 2.75) is 0 Å². The smallest absolute Gasteiger partial charge is 0.339 e. The number of anilines is 2. The Kier molecular flexibility index (Phi) is 5.08. The number of rotatable bonds is 5. The second-order valence-corrected chi connectivity index (χ2v) is 4.96. The van der Waals surface area contributed by atoms with Gasteiger partial charge in [0, 0.05) is 5.02 Å². The lowest BCUT2D eigenvalue weighted by molar-refractivity contribution is 0.0601. The summed E-state index contributed by atoms with van der Waals surface area (Å²) < 4.78 is 9.73. The quantitative estimate of drug-likeness (QED) is 0.812. The summed E-state index contributed by atoms with van der Waals surface area (Å²) in [5, 5.41) is 12.6. The second kappa shape index (κ2) is 7.02. The lowest BCUT2D eigenvalue weighted by atomic mass is 10.1. The van der Waals surface area contributed by atoms with E-state index in [1.807, 2.05) is 0 Å². The van der Waals surface area contributed by atoms with Crippen molar-refractivity contribution < 1.29 is 24.2 Å². The number of methoxy groups -OCH3 is 2. The van der Waals surface area contributed by atoms with Gasteiger partial charge in [0.05, 0.1) is 36.7 Å². The van der Waals surface area contributed by atoms with Gasteiger partial charge in [-0.2, -0.15) is 0 Å². The molecule has 6 nitrogen and oxygen atoms in total. The number of hydrogen-bond acceptors (Lipinski definition) is 5. The van der Waals surface area contributed by atoms with E-state index >= 15 is 0 Å². The van der Waals surface area contributed by atoms with E-state index in [0.717, 1.165) is 0 Å². The molecule has 0 unspecified atom stereocenters. The van der Waals surface area contributed by atoms with Gasteiger partial charge in [0.1, 0.15) is 5.75 Å². The van der Waals surface area contributed by atoms with Crippen molar-refractivity contribution in [2.75, 3.05) is 19.5 Å². The summed E-state index contributed by atoms with van der Waals surface area (Å²) >= 11 is 5.95. The zero-order valence-electron chi connectivity index (χ0n) is 12.4. The molecular weight excluding hydrogens is 322 g/mol. The number of carbonyl (C=O) groups excluding carboxylic acids is 1. The Bertz CT molecular complexity index is 760. The number of hydrogen-bond donors (Lipinski definition) is 2. The molecule has 0 saturated heterocycles. The molecule has 0 atom stereocenters. The van der Waals surface area contributed by atoms with Crippen molar-refractivity contribution in [3.63, 3.8) is 0 Å². The molecule has 2 aromatic rings. The van der Waals surface area contributed by atoms with Crippen molar-refractivity contribution in [1.29, 1.82) is 0 Å². The average molecular weight is 336 g/mol. The fourth-order valence-corrected chi connectivity index (χ4v) is 2.16. The van der Waals surface area contributed by atoms with Crippen LogP contribution in [0.15, 0.2) is 36.4 Å². The fourth-order valence-electron chi connectivity index (χ4n) is 1.99. The molecule has 0 aliphatic rings. The maximum absolute atomic E-state index is 11.8. The molecule has 0 aliphatic heterocycles. The number of esters is 1. The van der Waals surface area contributed by atoms with E-state index in [9.17, 15) is 14.7 Å². The molecule has 23 heavy (non-hydrogen) atoms. The predicted molar refractivity (Wildman–Crippen MR) is 86.0 cm³/mol. The molecule has 2 aromatic carbocycles. The largest absolute Gasteiger partial charge is 0.497 e. The van der Waals surface area contributed by atoms with Gasteiger partial charge in [-0.3, -0.25) is 0 Å². The molecule has 0 aliphatic carbocycles. The maximum Gasteiger partial charge on any atom is 0.339 e. The first kappa shape index (κ1) is 16.6. The molecule has 2 rings (SSSR count). The first-order chi connectivity index (χ1) is 11.0. The number of nitrogens with one attached hydrogen (secondary N) is 1. The topological polar surface area (TPSA) is 84.9 Å². The monoisotopic (exact) mass is 335 g/mol. The van der Waals surface area contributed by atoms with E-state index in [2.05, 4.69) is 5.32 Å². The number of halogens is 1. The number of ether oxygens (including phenoxy) is 2. The molecule has 120 valence electrons. The van der Waals surface area contributed by atoms with Crippen LogP contribution in [0.1, 0.15) is 20.7 Å². The van der Waals surface area contributed by atoms with E-state index in [0.29, 0.717) is 22.1 Å². The lowest BCUT2D eigenvalue weighted by Crippen LogP contribution is -2.08. The van der Waals surface area contributed by atoms with Gasteiger partial charge in [0.25, 0.3) is 0 Å². The Morgan fingerprint density at radius 3 is 2.39 bits per heavy atom. The summed E-state index contributed by atoms with van der Waals surface area (Å²) in [7, 11) is 2.71. The fraction of sp³-hybridized carbons (Fsp3) is 0.125. The number of carboxylic acid groups (broad SMARTS) is 1. The minimum atomic E-state index is -1.13. The standard InChI is InChI=1S/C16H14ClNO5/c1-22-10-4-6-13(12(8-10)15(19)20)18-14-7-9(17)3-5-11(14)16(21)23-2/h3-8,18H,1-2H3,(H,19,20). The highest BCUT2D eigenvalue weighted by atomic mass is 35.5.